The van der Waals surface area contributed by atoms with Crippen LogP contribution < -0.4 is 4.74 Å². The summed E-state index contributed by atoms with van der Waals surface area (Å²) in [5.74, 6) is 0.953. The smallest absolute Gasteiger partial charge is 0.119 e. The molecule has 0 aliphatic heterocycles. The Labute approximate surface area is 132 Å². The molecule has 21 heavy (non-hydrogen) atoms. The second kappa shape index (κ2) is 8.68. The molecular formula is C19H24OS. The van der Waals surface area contributed by atoms with Crippen molar-refractivity contribution >= 4 is 11.3 Å². The summed E-state index contributed by atoms with van der Waals surface area (Å²) < 4.78 is 5.74. The van der Waals surface area contributed by atoms with Gasteiger partial charge in [0.1, 0.15) is 5.75 Å². The van der Waals surface area contributed by atoms with Gasteiger partial charge in [0, 0.05) is 9.75 Å². The summed E-state index contributed by atoms with van der Waals surface area (Å²) in [6.45, 7) is 5.11. The number of ether oxygens (including phenoxy) is 1. The topological polar surface area (TPSA) is 9.23 Å². The molecule has 0 N–H and O–H groups in total. The van der Waals surface area contributed by atoms with Crippen molar-refractivity contribution in [1.29, 1.82) is 0 Å². The maximum atomic E-state index is 5.74. The van der Waals surface area contributed by atoms with Crippen LogP contribution in [-0.2, 0) is 6.42 Å². The average Bonchev–Trinajstić information content (AvgIpc) is 2.97. The van der Waals surface area contributed by atoms with E-state index in [4.69, 9.17) is 4.74 Å². The molecule has 0 amide bonds. The number of hydrogen-bond acceptors (Lipinski definition) is 2. The van der Waals surface area contributed by atoms with Crippen LogP contribution in [-0.4, -0.2) is 6.61 Å². The van der Waals surface area contributed by atoms with Crippen LogP contribution >= 0.6 is 11.3 Å². The van der Waals surface area contributed by atoms with Gasteiger partial charge in [-0.1, -0.05) is 32.4 Å². The Bertz CT molecular complexity index is 551. The second-order valence-corrected chi connectivity index (χ2v) is 6.23. The number of rotatable bonds is 8. The van der Waals surface area contributed by atoms with Crippen LogP contribution in [0.1, 0.15) is 38.0 Å². The van der Waals surface area contributed by atoms with E-state index >= 15 is 0 Å². The number of benzene rings is 1. The maximum absolute atomic E-state index is 5.74. The van der Waals surface area contributed by atoms with E-state index in [1.165, 1.54) is 28.2 Å². The third kappa shape index (κ3) is 5.05. The van der Waals surface area contributed by atoms with Crippen LogP contribution in [0.2, 0.25) is 0 Å². The first-order valence-electron chi connectivity index (χ1n) is 7.80. The lowest BCUT2D eigenvalue weighted by Crippen LogP contribution is -1.95. The Hall–Kier alpha value is -1.54. The van der Waals surface area contributed by atoms with E-state index in [0.29, 0.717) is 0 Å². The van der Waals surface area contributed by atoms with Gasteiger partial charge in [0.15, 0.2) is 0 Å². The van der Waals surface area contributed by atoms with Crippen LogP contribution in [0.25, 0.3) is 10.4 Å². The number of allylic oxidation sites excluding steroid dienone is 1. The zero-order valence-electron chi connectivity index (χ0n) is 13.0. The predicted octanol–water partition coefficient (Wildman–Crippen LogP) is 6.10. The molecule has 2 heteroatoms. The van der Waals surface area contributed by atoms with Gasteiger partial charge in [-0.3, -0.25) is 0 Å². The number of thiophene rings is 1. The lowest BCUT2D eigenvalue weighted by atomic mass is 10.2. The van der Waals surface area contributed by atoms with Gasteiger partial charge in [0.05, 0.1) is 6.61 Å². The fourth-order valence-corrected chi connectivity index (χ4v) is 3.27. The zero-order chi connectivity index (χ0) is 14.9. The Kier molecular flexibility index (Phi) is 6.55. The van der Waals surface area contributed by atoms with Crippen molar-refractivity contribution in [2.24, 2.45) is 0 Å². The Balaban J connectivity index is 1.90. The quantitative estimate of drug-likeness (QED) is 0.422. The van der Waals surface area contributed by atoms with Crippen LogP contribution in [0.4, 0.5) is 0 Å². The van der Waals surface area contributed by atoms with E-state index in [2.05, 4.69) is 62.4 Å². The van der Waals surface area contributed by atoms with Crippen LogP contribution in [0.3, 0.4) is 0 Å². The average molecular weight is 300 g/mol. The first-order chi connectivity index (χ1) is 10.3. The van der Waals surface area contributed by atoms with Crippen molar-refractivity contribution in [3.05, 3.63) is 53.4 Å². The number of hydrogen-bond donors (Lipinski definition) is 0. The van der Waals surface area contributed by atoms with Gasteiger partial charge in [0.2, 0.25) is 0 Å². The lowest BCUT2D eigenvalue weighted by molar-refractivity contribution is 0.325. The summed E-state index contributed by atoms with van der Waals surface area (Å²) in [7, 11) is 0. The summed E-state index contributed by atoms with van der Waals surface area (Å²) in [4.78, 5) is 2.81. The molecule has 2 aromatic rings. The molecule has 0 fully saturated rings. The van der Waals surface area contributed by atoms with E-state index in [1.54, 1.807) is 0 Å². The van der Waals surface area contributed by atoms with Crippen molar-refractivity contribution in [2.75, 3.05) is 6.61 Å². The monoisotopic (exact) mass is 300 g/mol. The van der Waals surface area contributed by atoms with Crippen LogP contribution in [0.5, 0.6) is 5.75 Å². The fraction of sp³-hybridized carbons (Fsp3) is 0.368. The van der Waals surface area contributed by atoms with Gasteiger partial charge in [-0.05, 0) is 61.2 Å². The molecule has 0 saturated heterocycles. The minimum absolute atomic E-state index is 0.746. The summed E-state index contributed by atoms with van der Waals surface area (Å²) >= 11 is 1.89. The normalized spacial score (nSPS) is 11.1. The lowest BCUT2D eigenvalue weighted by Gasteiger charge is -2.05. The first-order valence-corrected chi connectivity index (χ1v) is 8.62. The standard InChI is InChI=1S/C19H24OS/c1-3-5-6-7-15-20-17-11-9-16(10-12-17)19-14-13-18(21-19)8-4-2/h5-6,9-14H,3-4,7-8,15H2,1-2H3. The molecule has 0 aliphatic carbocycles. The number of aryl methyl sites for hydroxylation is 1. The Morgan fingerprint density at radius 1 is 1.00 bits per heavy atom. The molecule has 1 heterocycles. The molecule has 0 aliphatic rings. The van der Waals surface area contributed by atoms with Gasteiger partial charge in [-0.2, -0.15) is 0 Å². The van der Waals surface area contributed by atoms with E-state index in [9.17, 15) is 0 Å². The predicted molar refractivity (Wildman–Crippen MR) is 93.3 cm³/mol. The molecule has 0 bridgehead atoms. The largest absolute Gasteiger partial charge is 0.493 e. The van der Waals surface area contributed by atoms with Crippen molar-refractivity contribution < 1.29 is 4.74 Å². The molecule has 0 unspecified atom stereocenters. The molecule has 1 nitrogen and oxygen atoms in total. The van der Waals surface area contributed by atoms with E-state index in [1.807, 2.05) is 11.3 Å². The second-order valence-electron chi connectivity index (χ2n) is 5.06. The van der Waals surface area contributed by atoms with E-state index in [0.717, 1.165) is 25.2 Å². The molecule has 0 spiro atoms. The molecule has 112 valence electrons. The third-order valence-electron chi connectivity index (χ3n) is 3.25. The van der Waals surface area contributed by atoms with Gasteiger partial charge in [-0.15, -0.1) is 11.3 Å². The highest BCUT2D eigenvalue weighted by molar-refractivity contribution is 7.15. The van der Waals surface area contributed by atoms with Crippen LogP contribution in [0.15, 0.2) is 48.6 Å². The van der Waals surface area contributed by atoms with Crippen molar-refractivity contribution in [3.63, 3.8) is 0 Å². The fourth-order valence-electron chi connectivity index (χ4n) is 2.16. The minimum atomic E-state index is 0.746. The molecule has 0 saturated carbocycles. The molecule has 1 aromatic heterocycles. The van der Waals surface area contributed by atoms with E-state index in [-0.39, 0.29) is 0 Å². The summed E-state index contributed by atoms with van der Waals surface area (Å²) in [6, 6.07) is 12.9. The van der Waals surface area contributed by atoms with Gasteiger partial charge in [0.25, 0.3) is 0 Å². The van der Waals surface area contributed by atoms with Gasteiger partial charge >= 0.3 is 0 Å². The maximum Gasteiger partial charge on any atom is 0.119 e. The molecule has 2 rings (SSSR count). The Morgan fingerprint density at radius 3 is 2.52 bits per heavy atom. The summed E-state index contributed by atoms with van der Waals surface area (Å²) in [5, 5.41) is 0. The zero-order valence-corrected chi connectivity index (χ0v) is 13.8. The highest BCUT2D eigenvalue weighted by Crippen LogP contribution is 2.30. The van der Waals surface area contributed by atoms with Crippen molar-refractivity contribution in [2.45, 2.75) is 39.5 Å². The van der Waals surface area contributed by atoms with Gasteiger partial charge in [-0.25, -0.2) is 0 Å². The van der Waals surface area contributed by atoms with Crippen molar-refractivity contribution in [3.8, 4) is 16.2 Å². The summed E-state index contributed by atoms with van der Waals surface area (Å²) in [6.07, 6.45) is 8.80. The van der Waals surface area contributed by atoms with Gasteiger partial charge < -0.3 is 4.74 Å². The van der Waals surface area contributed by atoms with E-state index < -0.39 is 0 Å². The highest BCUT2D eigenvalue weighted by atomic mass is 32.1. The highest BCUT2D eigenvalue weighted by Gasteiger charge is 2.03. The SMILES string of the molecule is CCC=CCCOc1ccc(-c2ccc(CCC)s2)cc1. The third-order valence-corrected chi connectivity index (χ3v) is 4.45. The Morgan fingerprint density at radius 2 is 1.81 bits per heavy atom. The van der Waals surface area contributed by atoms with Crippen molar-refractivity contribution in [1.82, 2.24) is 0 Å². The first kappa shape index (κ1) is 15.8. The summed E-state index contributed by atoms with van der Waals surface area (Å²) in [5.41, 5.74) is 1.28. The molecule has 1 aromatic carbocycles. The molecule has 0 atom stereocenters. The minimum Gasteiger partial charge on any atom is -0.493 e. The molecular weight excluding hydrogens is 276 g/mol. The molecule has 0 radical (unpaired) electrons. The van der Waals surface area contributed by atoms with Crippen LogP contribution in [0, 0.1) is 0 Å².